The Morgan fingerprint density at radius 2 is 1.93 bits per heavy atom. The number of rotatable bonds is 7. The highest BCUT2D eigenvalue weighted by atomic mass is 19.1. The second kappa shape index (κ2) is 9.51. The number of carbonyl (C=O) groups excluding carboxylic acids is 1. The predicted octanol–water partition coefficient (Wildman–Crippen LogP) is 3.44. The number of morpholine rings is 1. The van der Waals surface area contributed by atoms with Crippen LogP contribution in [0.2, 0.25) is 0 Å². The minimum Gasteiger partial charge on any atom is -0.492 e. The average Bonchev–Trinajstić information content (AvgIpc) is 3.26. The van der Waals surface area contributed by atoms with E-state index in [0.717, 1.165) is 32.8 Å². The lowest BCUT2D eigenvalue weighted by molar-refractivity contribution is 0.0322. The van der Waals surface area contributed by atoms with Gasteiger partial charge in [0.1, 0.15) is 18.2 Å². The van der Waals surface area contributed by atoms with E-state index in [2.05, 4.69) is 15.4 Å². The van der Waals surface area contributed by atoms with Crippen LogP contribution in [0.4, 0.5) is 10.1 Å². The van der Waals surface area contributed by atoms with Gasteiger partial charge in [0.05, 0.1) is 13.2 Å². The molecule has 1 aromatic heterocycles. The molecule has 1 N–H and O–H groups in total. The predicted molar refractivity (Wildman–Crippen MR) is 109 cm³/mol. The van der Waals surface area contributed by atoms with Crippen LogP contribution in [0.3, 0.4) is 0 Å². The van der Waals surface area contributed by atoms with Crippen LogP contribution in [-0.2, 0) is 4.74 Å². The number of hydrogen-bond acceptors (Lipinski definition) is 6. The minimum atomic E-state index is -0.405. The molecule has 4 rings (SSSR count). The first-order valence-corrected chi connectivity index (χ1v) is 9.74. The Labute approximate surface area is 173 Å². The Morgan fingerprint density at radius 1 is 1.13 bits per heavy atom. The first-order chi connectivity index (χ1) is 14.7. The van der Waals surface area contributed by atoms with E-state index in [0.29, 0.717) is 29.4 Å². The first-order valence-electron chi connectivity index (χ1n) is 9.74. The molecule has 1 amide bonds. The SMILES string of the molecule is O=C(Nc1cccc(OCCN2CCOCC2)c1)c1cc(-c2ccc(F)cc2)on1. The third-order valence-electron chi connectivity index (χ3n) is 4.74. The van der Waals surface area contributed by atoms with E-state index in [4.69, 9.17) is 14.0 Å². The Balaban J connectivity index is 1.33. The molecule has 1 aliphatic rings. The molecule has 2 heterocycles. The summed E-state index contributed by atoms with van der Waals surface area (Å²) in [6, 6.07) is 14.5. The summed E-state index contributed by atoms with van der Waals surface area (Å²) in [5.74, 6) is 0.314. The first kappa shape index (κ1) is 20.1. The van der Waals surface area contributed by atoms with Crippen molar-refractivity contribution in [1.29, 1.82) is 0 Å². The smallest absolute Gasteiger partial charge is 0.277 e. The topological polar surface area (TPSA) is 76.8 Å². The third-order valence-corrected chi connectivity index (χ3v) is 4.74. The minimum absolute atomic E-state index is 0.132. The van der Waals surface area contributed by atoms with Gasteiger partial charge in [-0.3, -0.25) is 9.69 Å². The number of carbonyl (C=O) groups is 1. The van der Waals surface area contributed by atoms with Crippen molar-refractivity contribution >= 4 is 11.6 Å². The number of nitrogens with zero attached hydrogens (tertiary/aromatic N) is 2. The number of ether oxygens (including phenoxy) is 2. The molecule has 3 aromatic rings. The van der Waals surface area contributed by atoms with Crippen LogP contribution in [0.15, 0.2) is 59.1 Å². The number of aromatic nitrogens is 1. The Morgan fingerprint density at radius 3 is 2.73 bits per heavy atom. The zero-order chi connectivity index (χ0) is 20.8. The van der Waals surface area contributed by atoms with Crippen molar-refractivity contribution in [2.45, 2.75) is 0 Å². The van der Waals surface area contributed by atoms with Gasteiger partial charge in [-0.1, -0.05) is 11.2 Å². The van der Waals surface area contributed by atoms with Gasteiger partial charge in [-0.25, -0.2) is 4.39 Å². The highest BCUT2D eigenvalue weighted by Gasteiger charge is 2.15. The largest absolute Gasteiger partial charge is 0.492 e. The lowest BCUT2D eigenvalue weighted by atomic mass is 10.1. The Kier molecular flexibility index (Phi) is 6.36. The van der Waals surface area contributed by atoms with E-state index in [1.807, 2.05) is 12.1 Å². The number of benzene rings is 2. The molecule has 1 fully saturated rings. The number of amides is 1. The van der Waals surface area contributed by atoms with Gasteiger partial charge >= 0.3 is 0 Å². The molecule has 0 atom stereocenters. The molecule has 0 saturated carbocycles. The van der Waals surface area contributed by atoms with Crippen LogP contribution < -0.4 is 10.1 Å². The molecular formula is C22H22FN3O4. The van der Waals surface area contributed by atoms with E-state index in [1.165, 1.54) is 18.2 Å². The average molecular weight is 411 g/mol. The fourth-order valence-corrected chi connectivity index (χ4v) is 3.11. The van der Waals surface area contributed by atoms with Crippen molar-refractivity contribution in [2.75, 3.05) is 44.8 Å². The molecular weight excluding hydrogens is 389 g/mol. The summed E-state index contributed by atoms with van der Waals surface area (Å²) in [5.41, 5.74) is 1.36. The molecule has 0 aliphatic carbocycles. The van der Waals surface area contributed by atoms with Crippen LogP contribution >= 0.6 is 0 Å². The maximum absolute atomic E-state index is 13.1. The van der Waals surface area contributed by atoms with E-state index < -0.39 is 5.91 Å². The monoisotopic (exact) mass is 411 g/mol. The third kappa shape index (κ3) is 5.22. The summed E-state index contributed by atoms with van der Waals surface area (Å²) in [7, 11) is 0. The van der Waals surface area contributed by atoms with Crippen molar-refractivity contribution in [3.8, 4) is 17.1 Å². The Hall–Kier alpha value is -3.23. The van der Waals surface area contributed by atoms with Crippen LogP contribution in [0.1, 0.15) is 10.5 Å². The van der Waals surface area contributed by atoms with Gasteiger partial charge in [-0.05, 0) is 36.4 Å². The molecule has 0 unspecified atom stereocenters. The van der Waals surface area contributed by atoms with Gasteiger partial charge in [0.25, 0.3) is 5.91 Å². The highest BCUT2D eigenvalue weighted by molar-refractivity contribution is 6.03. The number of nitrogens with one attached hydrogen (secondary N) is 1. The van der Waals surface area contributed by atoms with Gasteiger partial charge in [0.15, 0.2) is 11.5 Å². The van der Waals surface area contributed by atoms with E-state index in [-0.39, 0.29) is 11.5 Å². The standard InChI is InChI=1S/C22H22FN3O4/c23-17-6-4-16(5-7-17)21-15-20(25-30-21)22(27)24-18-2-1-3-19(14-18)29-13-10-26-8-11-28-12-9-26/h1-7,14-15H,8-13H2,(H,24,27). The molecule has 156 valence electrons. The van der Waals surface area contributed by atoms with E-state index in [9.17, 15) is 9.18 Å². The second-order valence-electron chi connectivity index (χ2n) is 6.87. The zero-order valence-electron chi connectivity index (χ0n) is 16.3. The fourth-order valence-electron chi connectivity index (χ4n) is 3.11. The van der Waals surface area contributed by atoms with Crippen molar-refractivity contribution in [3.63, 3.8) is 0 Å². The normalized spacial score (nSPS) is 14.4. The van der Waals surface area contributed by atoms with Gasteiger partial charge in [-0.15, -0.1) is 0 Å². The molecule has 8 heteroatoms. The molecule has 0 radical (unpaired) electrons. The van der Waals surface area contributed by atoms with Crippen LogP contribution in [0, 0.1) is 5.82 Å². The summed E-state index contributed by atoms with van der Waals surface area (Å²) < 4.78 is 29.4. The quantitative estimate of drug-likeness (QED) is 0.642. The molecule has 30 heavy (non-hydrogen) atoms. The van der Waals surface area contributed by atoms with E-state index in [1.54, 1.807) is 24.3 Å². The van der Waals surface area contributed by atoms with Crippen molar-refractivity contribution < 1.29 is 23.2 Å². The molecule has 1 saturated heterocycles. The maximum atomic E-state index is 13.1. The zero-order valence-corrected chi connectivity index (χ0v) is 16.3. The summed E-state index contributed by atoms with van der Waals surface area (Å²) in [4.78, 5) is 14.8. The summed E-state index contributed by atoms with van der Waals surface area (Å²) >= 11 is 0. The number of hydrogen-bond donors (Lipinski definition) is 1. The fraction of sp³-hybridized carbons (Fsp3) is 0.273. The van der Waals surface area contributed by atoms with Crippen LogP contribution in [0.5, 0.6) is 5.75 Å². The lowest BCUT2D eigenvalue weighted by Gasteiger charge is -2.26. The second-order valence-corrected chi connectivity index (χ2v) is 6.87. The number of anilines is 1. The van der Waals surface area contributed by atoms with Gasteiger partial charge in [0, 0.05) is 43.0 Å². The summed E-state index contributed by atoms with van der Waals surface area (Å²) in [6.07, 6.45) is 0. The van der Waals surface area contributed by atoms with Crippen molar-refractivity contribution in [3.05, 3.63) is 66.1 Å². The molecule has 0 spiro atoms. The van der Waals surface area contributed by atoms with Crippen molar-refractivity contribution in [2.24, 2.45) is 0 Å². The number of halogens is 1. The van der Waals surface area contributed by atoms with Gasteiger partial charge < -0.3 is 19.3 Å². The summed E-state index contributed by atoms with van der Waals surface area (Å²) in [5, 5.41) is 6.59. The highest BCUT2D eigenvalue weighted by Crippen LogP contribution is 2.22. The van der Waals surface area contributed by atoms with Crippen LogP contribution in [-0.4, -0.2) is 55.4 Å². The molecule has 7 nitrogen and oxygen atoms in total. The van der Waals surface area contributed by atoms with Gasteiger partial charge in [-0.2, -0.15) is 0 Å². The van der Waals surface area contributed by atoms with Crippen molar-refractivity contribution in [1.82, 2.24) is 10.1 Å². The van der Waals surface area contributed by atoms with E-state index >= 15 is 0 Å². The maximum Gasteiger partial charge on any atom is 0.277 e. The van der Waals surface area contributed by atoms with Crippen LogP contribution in [0.25, 0.3) is 11.3 Å². The summed E-state index contributed by atoms with van der Waals surface area (Å²) in [6.45, 7) is 4.72. The van der Waals surface area contributed by atoms with Gasteiger partial charge in [0.2, 0.25) is 0 Å². The molecule has 1 aliphatic heterocycles. The Bertz CT molecular complexity index is 984. The molecule has 0 bridgehead atoms. The lowest BCUT2D eigenvalue weighted by Crippen LogP contribution is -2.38. The molecule has 2 aromatic carbocycles.